The number of carbonyl (C=O) groups excluding carboxylic acids is 2. The van der Waals surface area contributed by atoms with E-state index in [1.807, 2.05) is 27.7 Å². The van der Waals surface area contributed by atoms with E-state index < -0.39 is 0 Å². The lowest BCUT2D eigenvalue weighted by Crippen LogP contribution is -2.57. The monoisotopic (exact) mass is 366 g/mol. The number of nitrogens with one attached hydrogen (secondary N) is 2. The molecule has 4 heteroatoms. The van der Waals surface area contributed by atoms with Crippen molar-refractivity contribution in [3.8, 4) is 0 Å². The van der Waals surface area contributed by atoms with Crippen LogP contribution in [0.3, 0.4) is 0 Å². The van der Waals surface area contributed by atoms with Crippen molar-refractivity contribution in [3.63, 3.8) is 0 Å². The first kappa shape index (κ1) is 23.0. The first-order chi connectivity index (χ1) is 12.1. The maximum absolute atomic E-state index is 12.8. The maximum atomic E-state index is 12.8. The van der Waals surface area contributed by atoms with Crippen LogP contribution >= 0.6 is 0 Å². The number of hydrogen-bond acceptors (Lipinski definition) is 2. The van der Waals surface area contributed by atoms with Crippen molar-refractivity contribution >= 4 is 11.8 Å². The summed E-state index contributed by atoms with van der Waals surface area (Å²) in [7, 11) is 0. The molecule has 0 saturated heterocycles. The minimum atomic E-state index is -0.345. The summed E-state index contributed by atoms with van der Waals surface area (Å²) in [4.78, 5) is 25.6. The smallest absolute Gasteiger partial charge is 0.225 e. The molecule has 0 aromatic carbocycles. The van der Waals surface area contributed by atoms with E-state index in [0.29, 0.717) is 0 Å². The molecular weight excluding hydrogens is 324 g/mol. The van der Waals surface area contributed by atoms with Gasteiger partial charge in [0, 0.05) is 22.9 Å². The van der Waals surface area contributed by atoms with Crippen LogP contribution in [0.15, 0.2) is 0 Å². The molecule has 26 heavy (non-hydrogen) atoms. The highest BCUT2D eigenvalue weighted by atomic mass is 16.2. The van der Waals surface area contributed by atoms with Crippen LogP contribution in [0, 0.1) is 10.8 Å². The molecule has 1 rings (SSSR count). The average molecular weight is 367 g/mol. The minimum absolute atomic E-state index is 0.0584. The van der Waals surface area contributed by atoms with E-state index in [1.54, 1.807) is 0 Å². The molecule has 0 radical (unpaired) electrons. The number of amides is 2. The van der Waals surface area contributed by atoms with Crippen LogP contribution in [0.25, 0.3) is 0 Å². The predicted octanol–water partition coefficient (Wildman–Crippen LogP) is 4.96. The molecule has 0 heterocycles. The molecule has 2 atom stereocenters. The normalized spacial score (nSPS) is 21.3. The predicted molar refractivity (Wildman–Crippen MR) is 109 cm³/mol. The molecule has 2 N–H and O–H groups in total. The number of hydrogen-bond donors (Lipinski definition) is 2. The van der Waals surface area contributed by atoms with Crippen LogP contribution in [0.1, 0.15) is 106 Å². The fraction of sp³-hybridized carbons (Fsp3) is 0.909. The van der Waals surface area contributed by atoms with Gasteiger partial charge in [-0.15, -0.1) is 0 Å². The van der Waals surface area contributed by atoms with Crippen LogP contribution in [0.4, 0.5) is 0 Å². The van der Waals surface area contributed by atoms with Crippen molar-refractivity contribution in [1.29, 1.82) is 0 Å². The topological polar surface area (TPSA) is 58.2 Å². The number of carbonyl (C=O) groups is 2. The Morgan fingerprint density at radius 3 is 1.42 bits per heavy atom. The Labute approximate surface area is 161 Å². The fourth-order valence-corrected chi connectivity index (χ4v) is 3.67. The quantitative estimate of drug-likeness (QED) is 0.574. The molecule has 0 aliphatic heterocycles. The van der Waals surface area contributed by atoms with Crippen molar-refractivity contribution < 1.29 is 9.59 Å². The third-order valence-electron chi connectivity index (χ3n) is 5.94. The molecule has 1 aliphatic carbocycles. The molecule has 0 aromatic rings. The van der Waals surface area contributed by atoms with E-state index in [0.717, 1.165) is 64.2 Å². The Bertz CT molecular complexity index is 415. The van der Waals surface area contributed by atoms with E-state index >= 15 is 0 Å². The Balaban J connectivity index is 2.69. The van der Waals surface area contributed by atoms with Crippen molar-refractivity contribution in [2.24, 2.45) is 10.8 Å². The lowest BCUT2D eigenvalue weighted by Gasteiger charge is -2.37. The van der Waals surface area contributed by atoms with Gasteiger partial charge >= 0.3 is 0 Å². The third-order valence-corrected chi connectivity index (χ3v) is 5.94. The molecule has 1 unspecified atom stereocenters. The molecular formula is C22H42N2O2. The standard InChI is InChI=1S/C22H42N2O2/c1-7-9-15-21(3,4)19(25)23-17-13-11-12-14-18(17)24-20(26)22(5,6)16-10-8-2/h17-18H,7-16H2,1-6H3,(H,23,25)(H,24,26)/t17-,18?/m0/s1. The second-order valence-corrected chi connectivity index (χ2v) is 9.42. The molecule has 0 bridgehead atoms. The summed E-state index contributed by atoms with van der Waals surface area (Å²) in [5.74, 6) is 0.254. The Hall–Kier alpha value is -1.06. The maximum Gasteiger partial charge on any atom is 0.225 e. The summed E-state index contributed by atoms with van der Waals surface area (Å²) < 4.78 is 0. The van der Waals surface area contributed by atoms with Crippen LogP contribution in [0.5, 0.6) is 0 Å². The molecule has 1 aliphatic rings. The summed E-state index contributed by atoms with van der Waals surface area (Å²) >= 11 is 0. The van der Waals surface area contributed by atoms with Crippen LogP contribution in [0.2, 0.25) is 0 Å². The molecule has 0 spiro atoms. The molecule has 1 fully saturated rings. The lowest BCUT2D eigenvalue weighted by atomic mass is 9.83. The second kappa shape index (κ2) is 10.3. The second-order valence-electron chi connectivity index (χ2n) is 9.42. The highest BCUT2D eigenvalue weighted by Crippen LogP contribution is 2.28. The summed E-state index contributed by atoms with van der Waals surface area (Å²) in [5, 5.41) is 6.53. The van der Waals surface area contributed by atoms with E-state index in [4.69, 9.17) is 0 Å². The van der Waals surface area contributed by atoms with Gasteiger partial charge in [0.25, 0.3) is 0 Å². The summed E-state index contributed by atoms with van der Waals surface area (Å²) in [6.07, 6.45) is 10.3. The van der Waals surface area contributed by atoms with Crippen LogP contribution < -0.4 is 10.6 Å². The van der Waals surface area contributed by atoms with Gasteiger partial charge in [0.1, 0.15) is 0 Å². The fourth-order valence-electron chi connectivity index (χ4n) is 3.67. The van der Waals surface area contributed by atoms with Crippen molar-refractivity contribution in [3.05, 3.63) is 0 Å². The van der Waals surface area contributed by atoms with Crippen LogP contribution in [-0.2, 0) is 9.59 Å². The van der Waals surface area contributed by atoms with Gasteiger partial charge in [-0.1, -0.05) is 80.1 Å². The largest absolute Gasteiger partial charge is 0.351 e. The zero-order chi connectivity index (χ0) is 19.8. The van der Waals surface area contributed by atoms with Gasteiger partial charge in [-0.05, 0) is 25.7 Å². The van der Waals surface area contributed by atoms with E-state index in [9.17, 15) is 9.59 Å². The van der Waals surface area contributed by atoms with Gasteiger partial charge in [-0.25, -0.2) is 0 Å². The minimum Gasteiger partial charge on any atom is -0.351 e. The SMILES string of the molecule is CCCCC(C)(C)C(=O)NC1CCCC[C@@H]1NC(=O)C(C)(C)CCCC. The third kappa shape index (κ3) is 6.92. The highest BCUT2D eigenvalue weighted by Gasteiger charge is 2.35. The van der Waals surface area contributed by atoms with Gasteiger partial charge in [-0.2, -0.15) is 0 Å². The summed E-state index contributed by atoms with van der Waals surface area (Å²) in [6, 6.07) is 0.117. The van der Waals surface area contributed by atoms with Crippen LogP contribution in [-0.4, -0.2) is 23.9 Å². The Morgan fingerprint density at radius 2 is 1.12 bits per heavy atom. The molecule has 0 aromatic heterocycles. The number of unbranched alkanes of at least 4 members (excludes halogenated alkanes) is 2. The van der Waals surface area contributed by atoms with E-state index in [1.165, 1.54) is 0 Å². The zero-order valence-electron chi connectivity index (χ0n) is 18.0. The van der Waals surface area contributed by atoms with E-state index in [2.05, 4.69) is 24.5 Å². The number of rotatable bonds is 10. The summed E-state index contributed by atoms with van der Waals surface area (Å²) in [6.45, 7) is 12.4. The molecule has 152 valence electrons. The van der Waals surface area contributed by atoms with Gasteiger partial charge in [0.05, 0.1) is 0 Å². The zero-order valence-corrected chi connectivity index (χ0v) is 18.0. The van der Waals surface area contributed by atoms with Crippen molar-refractivity contribution in [2.75, 3.05) is 0 Å². The Morgan fingerprint density at radius 1 is 0.769 bits per heavy atom. The average Bonchev–Trinajstić information content (AvgIpc) is 2.59. The van der Waals surface area contributed by atoms with E-state index in [-0.39, 0.29) is 34.7 Å². The van der Waals surface area contributed by atoms with Gasteiger partial charge < -0.3 is 10.6 Å². The van der Waals surface area contributed by atoms with Gasteiger partial charge in [0.15, 0.2) is 0 Å². The molecule has 2 amide bonds. The van der Waals surface area contributed by atoms with Crippen molar-refractivity contribution in [1.82, 2.24) is 10.6 Å². The first-order valence-corrected chi connectivity index (χ1v) is 10.8. The van der Waals surface area contributed by atoms with Gasteiger partial charge in [0.2, 0.25) is 11.8 Å². The highest BCUT2D eigenvalue weighted by molar-refractivity contribution is 5.83. The lowest BCUT2D eigenvalue weighted by molar-refractivity contribution is -0.133. The van der Waals surface area contributed by atoms with Crippen molar-refractivity contribution in [2.45, 2.75) is 118 Å². The Kier molecular flexibility index (Phi) is 9.12. The first-order valence-electron chi connectivity index (χ1n) is 10.8. The molecule has 4 nitrogen and oxygen atoms in total. The molecule has 1 saturated carbocycles. The van der Waals surface area contributed by atoms with Gasteiger partial charge in [-0.3, -0.25) is 9.59 Å². The summed E-state index contributed by atoms with van der Waals surface area (Å²) in [5.41, 5.74) is -0.690.